The second-order valence-electron chi connectivity index (χ2n) is 6.03. The summed E-state index contributed by atoms with van der Waals surface area (Å²) in [6.07, 6.45) is 5.65. The van der Waals surface area contributed by atoms with Gasteiger partial charge in [-0.3, -0.25) is 4.79 Å². The third-order valence-electron chi connectivity index (χ3n) is 4.40. The molecule has 25 heavy (non-hydrogen) atoms. The lowest BCUT2D eigenvalue weighted by atomic mass is 10.3. The summed E-state index contributed by atoms with van der Waals surface area (Å²) < 4.78 is 1.74. The van der Waals surface area contributed by atoms with Crippen LogP contribution in [-0.4, -0.2) is 66.5 Å². The van der Waals surface area contributed by atoms with Crippen molar-refractivity contribution >= 4 is 28.8 Å². The summed E-state index contributed by atoms with van der Waals surface area (Å²) >= 11 is 0. The van der Waals surface area contributed by atoms with Crippen LogP contribution in [0.1, 0.15) is 16.9 Å². The second-order valence-corrected chi connectivity index (χ2v) is 6.03. The molecule has 0 spiro atoms. The van der Waals surface area contributed by atoms with Crippen LogP contribution in [0.15, 0.2) is 18.9 Å². The predicted octanol–water partition coefficient (Wildman–Crippen LogP) is 0.0211. The van der Waals surface area contributed by atoms with Crippen molar-refractivity contribution in [3.63, 3.8) is 0 Å². The molecule has 0 radical (unpaired) electrons. The van der Waals surface area contributed by atoms with Crippen molar-refractivity contribution in [3.05, 3.63) is 24.5 Å². The molecule has 0 atom stereocenters. The summed E-state index contributed by atoms with van der Waals surface area (Å²) in [5.41, 5.74) is 7.72. The van der Waals surface area contributed by atoms with Crippen molar-refractivity contribution in [2.45, 2.75) is 6.42 Å². The van der Waals surface area contributed by atoms with E-state index in [2.05, 4.69) is 29.8 Å². The first-order chi connectivity index (χ1) is 12.1. The van der Waals surface area contributed by atoms with Gasteiger partial charge in [-0.05, 0) is 6.42 Å². The van der Waals surface area contributed by atoms with Gasteiger partial charge in [0.25, 0.3) is 5.91 Å². The smallest absolute Gasteiger partial charge is 0.272 e. The molecule has 0 saturated carbocycles. The molecule has 0 unspecified atom stereocenters. The van der Waals surface area contributed by atoms with Gasteiger partial charge in [0.15, 0.2) is 11.5 Å². The largest absolute Gasteiger partial charge is 0.368 e. The van der Waals surface area contributed by atoms with Crippen molar-refractivity contribution in [2.75, 3.05) is 36.8 Å². The Bertz CT molecular complexity index is 915. The number of rotatable bonds is 2. The zero-order chi connectivity index (χ0) is 17.4. The van der Waals surface area contributed by atoms with Gasteiger partial charge in [-0.15, -0.1) is 0 Å². The number of carbonyl (C=O) groups is 1. The maximum absolute atomic E-state index is 12.7. The van der Waals surface area contributed by atoms with Crippen molar-refractivity contribution in [3.8, 4) is 0 Å². The molecule has 0 aliphatic carbocycles. The molecular formula is C15H19N9O. The van der Waals surface area contributed by atoms with Gasteiger partial charge in [0.2, 0.25) is 5.95 Å². The van der Waals surface area contributed by atoms with Crippen LogP contribution in [0.5, 0.6) is 0 Å². The van der Waals surface area contributed by atoms with Gasteiger partial charge in [0.1, 0.15) is 11.2 Å². The second kappa shape index (κ2) is 6.04. The lowest BCUT2D eigenvalue weighted by molar-refractivity contribution is 0.0757. The first-order valence-corrected chi connectivity index (χ1v) is 8.10. The number of amides is 1. The number of nitrogen functional groups attached to an aromatic ring is 1. The van der Waals surface area contributed by atoms with E-state index in [9.17, 15) is 4.79 Å². The number of aromatic amines is 1. The molecule has 3 aromatic heterocycles. The third kappa shape index (κ3) is 2.75. The van der Waals surface area contributed by atoms with Gasteiger partial charge in [-0.2, -0.15) is 9.97 Å². The molecule has 3 aromatic rings. The first kappa shape index (κ1) is 15.4. The van der Waals surface area contributed by atoms with E-state index in [0.29, 0.717) is 31.0 Å². The average Bonchev–Trinajstić information content (AvgIpc) is 3.15. The number of nitrogens with one attached hydrogen (secondary N) is 1. The molecule has 0 aromatic carbocycles. The monoisotopic (exact) mass is 341 g/mol. The Kier molecular flexibility index (Phi) is 3.71. The van der Waals surface area contributed by atoms with E-state index in [1.165, 1.54) is 0 Å². The Morgan fingerprint density at radius 1 is 1.24 bits per heavy atom. The van der Waals surface area contributed by atoms with Crippen LogP contribution < -0.4 is 10.6 Å². The van der Waals surface area contributed by atoms with Gasteiger partial charge in [0.05, 0.1) is 18.9 Å². The van der Waals surface area contributed by atoms with Gasteiger partial charge in [-0.25, -0.2) is 9.97 Å². The summed E-state index contributed by atoms with van der Waals surface area (Å²) in [4.78, 5) is 36.4. The predicted molar refractivity (Wildman–Crippen MR) is 92.0 cm³/mol. The number of hydrogen-bond donors (Lipinski definition) is 2. The molecule has 4 rings (SSSR count). The highest BCUT2D eigenvalue weighted by atomic mass is 16.2. The van der Waals surface area contributed by atoms with Gasteiger partial charge >= 0.3 is 0 Å². The minimum Gasteiger partial charge on any atom is -0.368 e. The average molecular weight is 341 g/mol. The molecule has 4 heterocycles. The summed E-state index contributed by atoms with van der Waals surface area (Å²) in [6, 6.07) is 0. The number of aryl methyl sites for hydroxylation is 1. The lowest BCUT2D eigenvalue weighted by Gasteiger charge is -2.23. The Hall–Kier alpha value is -3.17. The highest BCUT2D eigenvalue weighted by Gasteiger charge is 2.24. The molecule has 1 fully saturated rings. The Balaban J connectivity index is 1.56. The number of nitrogens with two attached hydrogens (primary N) is 1. The zero-order valence-corrected chi connectivity index (χ0v) is 13.9. The third-order valence-corrected chi connectivity index (χ3v) is 4.40. The fourth-order valence-electron chi connectivity index (χ4n) is 3.12. The fourth-order valence-corrected chi connectivity index (χ4v) is 3.12. The van der Waals surface area contributed by atoms with E-state index >= 15 is 0 Å². The Labute approximate surface area is 143 Å². The van der Waals surface area contributed by atoms with Crippen LogP contribution in [0, 0.1) is 0 Å². The van der Waals surface area contributed by atoms with Crippen LogP contribution in [0.3, 0.4) is 0 Å². The maximum Gasteiger partial charge on any atom is 0.272 e. The van der Waals surface area contributed by atoms with Crippen LogP contribution in [0.4, 0.5) is 11.8 Å². The van der Waals surface area contributed by atoms with Crippen LogP contribution >= 0.6 is 0 Å². The minimum atomic E-state index is -0.00395. The summed E-state index contributed by atoms with van der Waals surface area (Å²) in [5.74, 6) is 0.923. The number of aromatic nitrogens is 6. The molecule has 3 N–H and O–H groups in total. The van der Waals surface area contributed by atoms with E-state index in [0.717, 1.165) is 24.3 Å². The Morgan fingerprint density at radius 3 is 2.92 bits per heavy atom. The molecule has 1 amide bonds. The molecule has 1 aliphatic heterocycles. The molecule has 10 nitrogen and oxygen atoms in total. The quantitative estimate of drug-likeness (QED) is 0.674. The number of H-pyrrole nitrogens is 1. The molecule has 10 heteroatoms. The van der Waals surface area contributed by atoms with Crippen LogP contribution in [0.2, 0.25) is 0 Å². The topological polar surface area (TPSA) is 122 Å². The number of fused-ring (bicyclic) bond motifs is 1. The summed E-state index contributed by atoms with van der Waals surface area (Å²) in [5, 5.41) is 0. The Morgan fingerprint density at radius 2 is 2.12 bits per heavy atom. The zero-order valence-electron chi connectivity index (χ0n) is 13.9. The van der Waals surface area contributed by atoms with Gasteiger partial charge < -0.3 is 25.1 Å². The van der Waals surface area contributed by atoms with E-state index in [1.54, 1.807) is 23.4 Å². The van der Waals surface area contributed by atoms with Gasteiger partial charge in [0, 0.05) is 33.2 Å². The van der Waals surface area contributed by atoms with E-state index in [-0.39, 0.29) is 11.9 Å². The standard InChI is InChI=1S/C15H19N9O/c1-22-9-17-7-10(22)14(25)24-4-2-3-23(5-6-24)13-11-12(19-8-18-11)20-15(16)21-13/h7-9H,2-6H2,1H3,(H3,16,18,19,20,21). The molecular weight excluding hydrogens is 322 g/mol. The SMILES string of the molecule is Cn1cncc1C(=O)N1CCCN(c2nc(N)nc3nc[nH]c23)CC1. The summed E-state index contributed by atoms with van der Waals surface area (Å²) in [6.45, 7) is 2.73. The molecule has 1 aliphatic rings. The molecule has 1 saturated heterocycles. The first-order valence-electron chi connectivity index (χ1n) is 8.10. The normalized spacial score (nSPS) is 15.6. The number of hydrogen-bond acceptors (Lipinski definition) is 7. The number of carbonyl (C=O) groups excluding carboxylic acids is 1. The van der Waals surface area contributed by atoms with Crippen molar-refractivity contribution in [2.24, 2.45) is 7.05 Å². The fraction of sp³-hybridized carbons (Fsp3) is 0.400. The minimum absolute atomic E-state index is 0.00395. The van der Waals surface area contributed by atoms with Crippen molar-refractivity contribution in [1.29, 1.82) is 0 Å². The number of nitrogens with zero attached hydrogens (tertiary/aromatic N) is 7. The van der Waals surface area contributed by atoms with Crippen molar-refractivity contribution in [1.82, 2.24) is 34.4 Å². The summed E-state index contributed by atoms with van der Waals surface area (Å²) in [7, 11) is 1.82. The number of imidazole rings is 2. The van der Waals surface area contributed by atoms with Crippen LogP contribution in [-0.2, 0) is 7.05 Å². The van der Waals surface area contributed by atoms with E-state index in [4.69, 9.17) is 5.73 Å². The van der Waals surface area contributed by atoms with Crippen molar-refractivity contribution < 1.29 is 4.79 Å². The van der Waals surface area contributed by atoms with Gasteiger partial charge in [-0.1, -0.05) is 0 Å². The number of anilines is 2. The van der Waals surface area contributed by atoms with Crippen LogP contribution in [0.25, 0.3) is 11.2 Å². The highest BCUT2D eigenvalue weighted by Crippen LogP contribution is 2.23. The molecule has 0 bridgehead atoms. The van der Waals surface area contributed by atoms with E-state index in [1.807, 2.05) is 11.9 Å². The highest BCUT2D eigenvalue weighted by molar-refractivity contribution is 5.92. The molecule has 130 valence electrons. The van der Waals surface area contributed by atoms with E-state index < -0.39 is 0 Å². The lowest BCUT2D eigenvalue weighted by Crippen LogP contribution is -2.36. The maximum atomic E-state index is 12.7.